The first kappa shape index (κ1) is 11.6. The molecule has 0 aliphatic heterocycles. The number of ether oxygens (including phenoxy) is 3. The third-order valence-corrected chi connectivity index (χ3v) is 2.24. The third-order valence-electron chi connectivity index (χ3n) is 2.24. The maximum atomic E-state index is 11.2. The highest BCUT2D eigenvalue weighted by atomic mass is 16.7. The molecule has 1 aliphatic rings. The molecule has 0 saturated heterocycles. The average molecular weight is 214 g/mol. The van der Waals surface area contributed by atoms with Gasteiger partial charge in [0.2, 0.25) is 0 Å². The smallest absolute Gasteiger partial charge is 0.469 e. The van der Waals surface area contributed by atoms with Crippen LogP contribution >= 0.6 is 0 Å². The van der Waals surface area contributed by atoms with Crippen LogP contribution in [-0.2, 0) is 19.0 Å². The van der Waals surface area contributed by atoms with Gasteiger partial charge in [0.15, 0.2) is 0 Å². The second-order valence-electron chi connectivity index (χ2n) is 3.23. The molecule has 0 bridgehead atoms. The lowest BCUT2D eigenvalue weighted by molar-refractivity contribution is -0.146. The lowest BCUT2D eigenvalue weighted by atomic mass is 9.93. The maximum Gasteiger partial charge on any atom is 0.508 e. The Morgan fingerprint density at radius 2 is 2.00 bits per heavy atom. The summed E-state index contributed by atoms with van der Waals surface area (Å²) >= 11 is 0. The minimum Gasteiger partial charge on any atom is -0.469 e. The van der Waals surface area contributed by atoms with Gasteiger partial charge in [0.1, 0.15) is 6.10 Å². The zero-order chi connectivity index (χ0) is 11.3. The van der Waals surface area contributed by atoms with Gasteiger partial charge in [-0.3, -0.25) is 4.79 Å². The molecule has 0 spiro atoms. The van der Waals surface area contributed by atoms with Crippen molar-refractivity contribution in [2.24, 2.45) is 5.92 Å². The number of hydrogen-bond acceptors (Lipinski definition) is 5. The molecule has 84 valence electrons. The molecule has 5 nitrogen and oxygen atoms in total. The van der Waals surface area contributed by atoms with Crippen molar-refractivity contribution < 1.29 is 23.8 Å². The second kappa shape index (κ2) is 5.38. The van der Waals surface area contributed by atoms with Gasteiger partial charge in [0.05, 0.1) is 20.1 Å². The van der Waals surface area contributed by atoms with Gasteiger partial charge in [-0.05, 0) is 12.5 Å². The number of methoxy groups -OCH3 is 2. The zero-order valence-corrected chi connectivity index (χ0v) is 8.76. The van der Waals surface area contributed by atoms with Crippen molar-refractivity contribution in [1.82, 2.24) is 0 Å². The van der Waals surface area contributed by atoms with E-state index in [1.165, 1.54) is 14.2 Å². The number of esters is 1. The molecule has 0 heterocycles. The first-order chi connectivity index (χ1) is 7.17. The molecule has 5 heteroatoms. The van der Waals surface area contributed by atoms with Crippen LogP contribution in [0.5, 0.6) is 0 Å². The van der Waals surface area contributed by atoms with Gasteiger partial charge in [-0.1, -0.05) is 6.08 Å². The summed E-state index contributed by atoms with van der Waals surface area (Å²) in [5, 5.41) is 0. The highest BCUT2D eigenvalue weighted by molar-refractivity contribution is 5.73. The van der Waals surface area contributed by atoms with Gasteiger partial charge in [-0.2, -0.15) is 0 Å². The Hall–Kier alpha value is -1.52. The lowest BCUT2D eigenvalue weighted by Crippen LogP contribution is -2.27. The van der Waals surface area contributed by atoms with Crippen LogP contribution in [0.4, 0.5) is 4.79 Å². The van der Waals surface area contributed by atoms with E-state index >= 15 is 0 Å². The Morgan fingerprint density at radius 3 is 2.60 bits per heavy atom. The normalized spacial score (nSPS) is 24.4. The summed E-state index contributed by atoms with van der Waals surface area (Å²) in [5.41, 5.74) is 0. The van der Waals surface area contributed by atoms with E-state index in [1.54, 1.807) is 12.2 Å². The third kappa shape index (κ3) is 3.27. The summed E-state index contributed by atoms with van der Waals surface area (Å²) in [6.07, 6.45) is 3.46. The van der Waals surface area contributed by atoms with Gasteiger partial charge in [-0.25, -0.2) is 4.79 Å². The molecule has 1 rings (SSSR count). The minimum absolute atomic E-state index is 0.241. The van der Waals surface area contributed by atoms with Crippen LogP contribution in [0.2, 0.25) is 0 Å². The molecule has 0 aromatic rings. The van der Waals surface area contributed by atoms with Crippen LogP contribution in [0.25, 0.3) is 0 Å². The van der Waals surface area contributed by atoms with Crippen molar-refractivity contribution in [3.63, 3.8) is 0 Å². The molecule has 15 heavy (non-hydrogen) atoms. The number of allylic oxidation sites excluding steroid dienone is 1. The van der Waals surface area contributed by atoms with Crippen LogP contribution in [-0.4, -0.2) is 32.4 Å². The standard InChI is InChI=1S/C10H14O5/c1-13-9(11)7-4-3-5-8(6-7)15-10(12)14-2/h3,5,7-8H,4,6H2,1-2H3/t7-,8+/m1/s1. The first-order valence-electron chi connectivity index (χ1n) is 4.66. The van der Waals surface area contributed by atoms with Crippen LogP contribution in [0, 0.1) is 5.92 Å². The van der Waals surface area contributed by atoms with Crippen molar-refractivity contribution in [3.05, 3.63) is 12.2 Å². The number of rotatable bonds is 2. The second-order valence-corrected chi connectivity index (χ2v) is 3.23. The molecule has 0 unspecified atom stereocenters. The molecule has 0 amide bonds. The highest BCUT2D eigenvalue weighted by Gasteiger charge is 2.26. The predicted molar refractivity (Wildman–Crippen MR) is 51.2 cm³/mol. The van der Waals surface area contributed by atoms with Crippen molar-refractivity contribution >= 4 is 12.1 Å². The van der Waals surface area contributed by atoms with E-state index in [0.717, 1.165) is 0 Å². The van der Waals surface area contributed by atoms with E-state index < -0.39 is 12.3 Å². The molecule has 0 saturated carbocycles. The monoisotopic (exact) mass is 214 g/mol. The Kier molecular flexibility index (Phi) is 4.15. The lowest BCUT2D eigenvalue weighted by Gasteiger charge is -2.22. The Labute approximate surface area is 88.0 Å². The molecule has 0 aromatic carbocycles. The zero-order valence-electron chi connectivity index (χ0n) is 8.76. The summed E-state index contributed by atoms with van der Waals surface area (Å²) in [6, 6.07) is 0. The van der Waals surface area contributed by atoms with Crippen molar-refractivity contribution in [2.45, 2.75) is 18.9 Å². The van der Waals surface area contributed by atoms with Gasteiger partial charge in [0, 0.05) is 6.42 Å². The summed E-state index contributed by atoms with van der Waals surface area (Å²) in [5.74, 6) is -0.521. The topological polar surface area (TPSA) is 61.8 Å². The van der Waals surface area contributed by atoms with Crippen LogP contribution in [0.1, 0.15) is 12.8 Å². The number of carbonyl (C=O) groups is 2. The van der Waals surface area contributed by atoms with E-state index in [2.05, 4.69) is 9.47 Å². The van der Waals surface area contributed by atoms with E-state index in [9.17, 15) is 9.59 Å². The Bertz CT molecular complexity index is 271. The quantitative estimate of drug-likeness (QED) is 0.511. The van der Waals surface area contributed by atoms with E-state index in [4.69, 9.17) is 4.74 Å². The van der Waals surface area contributed by atoms with Gasteiger partial charge < -0.3 is 14.2 Å². The van der Waals surface area contributed by atoms with E-state index in [0.29, 0.717) is 12.8 Å². The van der Waals surface area contributed by atoms with E-state index in [-0.39, 0.29) is 11.9 Å². The number of carbonyl (C=O) groups excluding carboxylic acids is 2. The first-order valence-corrected chi connectivity index (χ1v) is 4.66. The van der Waals surface area contributed by atoms with Crippen LogP contribution in [0.3, 0.4) is 0 Å². The minimum atomic E-state index is -0.741. The highest BCUT2D eigenvalue weighted by Crippen LogP contribution is 2.22. The van der Waals surface area contributed by atoms with Crippen molar-refractivity contribution in [1.29, 1.82) is 0 Å². The molecular weight excluding hydrogens is 200 g/mol. The summed E-state index contributed by atoms with van der Waals surface area (Å²) in [6.45, 7) is 0. The van der Waals surface area contributed by atoms with Crippen molar-refractivity contribution in [2.75, 3.05) is 14.2 Å². The fourth-order valence-corrected chi connectivity index (χ4v) is 1.47. The van der Waals surface area contributed by atoms with Gasteiger partial charge in [-0.15, -0.1) is 0 Å². The SMILES string of the molecule is COC(=O)O[C@H]1C=CC[C@@H](C(=O)OC)C1. The summed E-state index contributed by atoms with van der Waals surface area (Å²) in [4.78, 5) is 22.1. The largest absolute Gasteiger partial charge is 0.508 e. The molecular formula is C10H14O5. The molecule has 0 radical (unpaired) electrons. The van der Waals surface area contributed by atoms with Crippen LogP contribution in [0.15, 0.2) is 12.2 Å². The average Bonchev–Trinajstić information content (AvgIpc) is 2.28. The van der Waals surface area contributed by atoms with Gasteiger partial charge in [0.25, 0.3) is 0 Å². The Morgan fingerprint density at radius 1 is 1.27 bits per heavy atom. The molecule has 0 fully saturated rings. The fourth-order valence-electron chi connectivity index (χ4n) is 1.47. The van der Waals surface area contributed by atoms with Crippen molar-refractivity contribution in [3.8, 4) is 0 Å². The Balaban J connectivity index is 2.49. The van der Waals surface area contributed by atoms with Crippen LogP contribution < -0.4 is 0 Å². The maximum absolute atomic E-state index is 11.2. The predicted octanol–water partition coefficient (Wildman–Crippen LogP) is 1.28. The van der Waals surface area contributed by atoms with Gasteiger partial charge >= 0.3 is 12.1 Å². The fraction of sp³-hybridized carbons (Fsp3) is 0.600. The molecule has 1 aliphatic carbocycles. The molecule has 0 aromatic heterocycles. The molecule has 0 N–H and O–H groups in total. The number of hydrogen-bond donors (Lipinski definition) is 0. The molecule has 2 atom stereocenters. The summed E-state index contributed by atoms with van der Waals surface area (Å²) < 4.78 is 13.9. The van der Waals surface area contributed by atoms with E-state index in [1.807, 2.05) is 0 Å². The summed E-state index contributed by atoms with van der Waals surface area (Å²) in [7, 11) is 2.59.